The molecule has 3 nitrogen and oxygen atoms in total. The van der Waals surface area contributed by atoms with E-state index in [0.29, 0.717) is 6.42 Å². The molecule has 0 aliphatic heterocycles. The predicted octanol–water partition coefficient (Wildman–Crippen LogP) is 1.83. The quantitative estimate of drug-likeness (QED) is 0.790. The van der Waals surface area contributed by atoms with Crippen LogP contribution in [-0.2, 0) is 6.42 Å². The van der Waals surface area contributed by atoms with E-state index in [1.807, 2.05) is 7.05 Å². The third kappa shape index (κ3) is 4.60. The Labute approximate surface area is 116 Å². The van der Waals surface area contributed by atoms with Crippen LogP contribution in [-0.4, -0.2) is 48.0 Å². The van der Waals surface area contributed by atoms with Crippen LogP contribution in [0.15, 0.2) is 12.1 Å². The van der Waals surface area contributed by atoms with Gasteiger partial charge < -0.3 is 15.1 Å². The average molecular weight is 265 g/mol. The number of likely N-dealkylation sites (N-methyl/N-ethyl adjacent to an activating group) is 1. The SMILES string of the molecule is Cc1cc(C)c(CCN(C)C(CO)CCO)cc1C. The Balaban J connectivity index is 2.63. The molecule has 1 unspecified atom stereocenters. The monoisotopic (exact) mass is 265 g/mol. The van der Waals surface area contributed by atoms with Crippen LogP contribution in [0.4, 0.5) is 0 Å². The number of rotatable bonds is 7. The Morgan fingerprint density at radius 1 is 1.05 bits per heavy atom. The molecular weight excluding hydrogens is 238 g/mol. The molecule has 0 bridgehead atoms. The molecule has 0 amide bonds. The largest absolute Gasteiger partial charge is 0.396 e. The molecule has 0 heterocycles. The van der Waals surface area contributed by atoms with Crippen LogP contribution >= 0.6 is 0 Å². The van der Waals surface area contributed by atoms with Crippen LogP contribution in [0.2, 0.25) is 0 Å². The van der Waals surface area contributed by atoms with E-state index in [1.165, 1.54) is 22.3 Å². The highest BCUT2D eigenvalue weighted by Crippen LogP contribution is 2.16. The number of hydrogen-bond acceptors (Lipinski definition) is 3. The highest BCUT2D eigenvalue weighted by atomic mass is 16.3. The van der Waals surface area contributed by atoms with E-state index in [2.05, 4.69) is 37.8 Å². The fourth-order valence-electron chi connectivity index (χ4n) is 2.37. The maximum absolute atomic E-state index is 9.31. The number of aliphatic hydroxyl groups is 2. The predicted molar refractivity (Wildman–Crippen MR) is 79.6 cm³/mol. The van der Waals surface area contributed by atoms with Gasteiger partial charge in [0.1, 0.15) is 0 Å². The number of nitrogens with zero attached hydrogens (tertiary/aromatic N) is 1. The molecule has 0 spiro atoms. The van der Waals surface area contributed by atoms with Crippen LogP contribution in [0.5, 0.6) is 0 Å². The van der Waals surface area contributed by atoms with Gasteiger partial charge in [0.25, 0.3) is 0 Å². The summed E-state index contributed by atoms with van der Waals surface area (Å²) in [4.78, 5) is 2.13. The molecule has 19 heavy (non-hydrogen) atoms. The molecule has 0 aromatic heterocycles. The number of hydrogen-bond donors (Lipinski definition) is 2. The van der Waals surface area contributed by atoms with E-state index in [4.69, 9.17) is 5.11 Å². The van der Waals surface area contributed by atoms with E-state index in [-0.39, 0.29) is 19.3 Å². The summed E-state index contributed by atoms with van der Waals surface area (Å²) in [5, 5.41) is 18.3. The topological polar surface area (TPSA) is 43.7 Å². The maximum atomic E-state index is 9.31. The second kappa shape index (κ2) is 7.63. The molecule has 0 aliphatic rings. The highest BCUT2D eigenvalue weighted by Gasteiger charge is 2.13. The molecule has 3 heteroatoms. The van der Waals surface area contributed by atoms with Crippen LogP contribution in [0.25, 0.3) is 0 Å². The zero-order valence-corrected chi connectivity index (χ0v) is 12.6. The van der Waals surface area contributed by atoms with Crippen molar-refractivity contribution in [3.8, 4) is 0 Å². The van der Waals surface area contributed by atoms with E-state index >= 15 is 0 Å². The summed E-state index contributed by atoms with van der Waals surface area (Å²) in [6.07, 6.45) is 1.60. The molecule has 0 fully saturated rings. The summed E-state index contributed by atoms with van der Waals surface area (Å²) in [5.74, 6) is 0. The minimum Gasteiger partial charge on any atom is -0.396 e. The normalized spacial score (nSPS) is 13.0. The van der Waals surface area contributed by atoms with Gasteiger partial charge in [-0.25, -0.2) is 0 Å². The third-order valence-electron chi connectivity index (χ3n) is 3.98. The zero-order chi connectivity index (χ0) is 14.4. The van der Waals surface area contributed by atoms with Gasteiger partial charge in [-0.3, -0.25) is 0 Å². The minimum absolute atomic E-state index is 0.0526. The minimum atomic E-state index is 0.0526. The van der Waals surface area contributed by atoms with Crippen molar-refractivity contribution in [1.82, 2.24) is 4.90 Å². The zero-order valence-electron chi connectivity index (χ0n) is 12.6. The van der Waals surface area contributed by atoms with Gasteiger partial charge >= 0.3 is 0 Å². The van der Waals surface area contributed by atoms with Crippen molar-refractivity contribution in [2.45, 2.75) is 39.7 Å². The first-order chi connectivity index (χ1) is 8.99. The number of benzene rings is 1. The van der Waals surface area contributed by atoms with Crippen molar-refractivity contribution >= 4 is 0 Å². The molecule has 0 radical (unpaired) electrons. The lowest BCUT2D eigenvalue weighted by atomic mass is 9.98. The van der Waals surface area contributed by atoms with Crippen molar-refractivity contribution in [3.63, 3.8) is 0 Å². The van der Waals surface area contributed by atoms with E-state index in [9.17, 15) is 5.11 Å². The summed E-state index contributed by atoms with van der Waals surface area (Å²) in [6, 6.07) is 4.55. The molecule has 1 rings (SSSR count). The summed E-state index contributed by atoms with van der Waals surface area (Å²) < 4.78 is 0. The summed E-state index contributed by atoms with van der Waals surface area (Å²) in [5.41, 5.74) is 5.37. The lowest BCUT2D eigenvalue weighted by molar-refractivity contribution is 0.120. The van der Waals surface area contributed by atoms with E-state index < -0.39 is 0 Å². The Morgan fingerprint density at radius 2 is 1.68 bits per heavy atom. The van der Waals surface area contributed by atoms with Crippen molar-refractivity contribution in [3.05, 3.63) is 34.4 Å². The van der Waals surface area contributed by atoms with Gasteiger partial charge in [-0.2, -0.15) is 0 Å². The first-order valence-electron chi connectivity index (χ1n) is 6.98. The third-order valence-corrected chi connectivity index (χ3v) is 3.98. The Bertz CT molecular complexity index is 404. The van der Waals surface area contributed by atoms with E-state index in [0.717, 1.165) is 13.0 Å². The molecule has 108 valence electrons. The second-order valence-electron chi connectivity index (χ2n) is 5.44. The van der Waals surface area contributed by atoms with Gasteiger partial charge in [0.05, 0.1) is 6.61 Å². The highest BCUT2D eigenvalue weighted by molar-refractivity contribution is 5.36. The lowest BCUT2D eigenvalue weighted by Gasteiger charge is -2.26. The Kier molecular flexibility index (Phi) is 6.49. The molecule has 1 atom stereocenters. The smallest absolute Gasteiger partial charge is 0.0587 e. The van der Waals surface area contributed by atoms with Crippen molar-refractivity contribution in [1.29, 1.82) is 0 Å². The van der Waals surface area contributed by atoms with Crippen LogP contribution < -0.4 is 0 Å². The molecule has 1 aromatic rings. The van der Waals surface area contributed by atoms with Crippen molar-refractivity contribution in [2.24, 2.45) is 0 Å². The van der Waals surface area contributed by atoms with Crippen LogP contribution in [0.1, 0.15) is 28.7 Å². The van der Waals surface area contributed by atoms with Gasteiger partial charge in [0, 0.05) is 19.2 Å². The molecule has 0 aliphatic carbocycles. The van der Waals surface area contributed by atoms with E-state index in [1.54, 1.807) is 0 Å². The van der Waals surface area contributed by atoms with Gasteiger partial charge in [-0.1, -0.05) is 12.1 Å². The first-order valence-corrected chi connectivity index (χ1v) is 6.98. The summed E-state index contributed by atoms with van der Waals surface area (Å²) >= 11 is 0. The van der Waals surface area contributed by atoms with Gasteiger partial charge in [0.2, 0.25) is 0 Å². The molecular formula is C16H27NO2. The lowest BCUT2D eigenvalue weighted by Crippen LogP contribution is -2.37. The average Bonchev–Trinajstić information content (AvgIpc) is 2.38. The fourth-order valence-corrected chi connectivity index (χ4v) is 2.37. The number of aliphatic hydroxyl groups excluding tert-OH is 2. The molecule has 1 aromatic carbocycles. The van der Waals surface area contributed by atoms with Crippen LogP contribution in [0.3, 0.4) is 0 Å². The summed E-state index contributed by atoms with van der Waals surface area (Å²) in [7, 11) is 2.01. The van der Waals surface area contributed by atoms with Crippen molar-refractivity contribution < 1.29 is 10.2 Å². The molecule has 0 saturated heterocycles. The maximum Gasteiger partial charge on any atom is 0.0587 e. The summed E-state index contributed by atoms with van der Waals surface area (Å²) in [6.45, 7) is 7.56. The first kappa shape index (κ1) is 16.2. The Morgan fingerprint density at radius 3 is 2.26 bits per heavy atom. The second-order valence-corrected chi connectivity index (χ2v) is 5.44. The van der Waals surface area contributed by atoms with Gasteiger partial charge in [-0.05, 0) is 62.9 Å². The van der Waals surface area contributed by atoms with Gasteiger partial charge in [-0.15, -0.1) is 0 Å². The van der Waals surface area contributed by atoms with Crippen molar-refractivity contribution in [2.75, 3.05) is 26.8 Å². The molecule has 2 N–H and O–H groups in total. The number of aryl methyl sites for hydroxylation is 3. The standard InChI is InChI=1S/C16H27NO2/c1-12-9-14(3)15(10-13(12)2)5-7-17(4)16(11-19)6-8-18/h9-10,16,18-19H,5-8,11H2,1-4H3. The van der Waals surface area contributed by atoms with Crippen LogP contribution in [0, 0.1) is 20.8 Å². The Hall–Kier alpha value is -0.900. The van der Waals surface area contributed by atoms with Gasteiger partial charge in [0.15, 0.2) is 0 Å². The fraction of sp³-hybridized carbons (Fsp3) is 0.625. The molecule has 0 saturated carbocycles.